The fraction of sp³-hybridized carbons (Fsp3) is 0.294. The average Bonchev–Trinajstić information content (AvgIpc) is 3.23. The van der Waals surface area contributed by atoms with Gasteiger partial charge in [-0.2, -0.15) is 0 Å². The van der Waals surface area contributed by atoms with E-state index >= 15 is 0 Å². The Morgan fingerprint density at radius 2 is 1.96 bits per heavy atom. The minimum Gasteiger partial charge on any atom is -0.444 e. The number of nitrogens with two attached hydrogens (primary N) is 1. The Balaban J connectivity index is 0.00000225. The lowest BCUT2D eigenvalue weighted by Crippen LogP contribution is -2.29. The molecule has 0 bridgehead atoms. The summed E-state index contributed by atoms with van der Waals surface area (Å²) in [6, 6.07) is 10.1. The molecular weight excluding hydrogens is 410 g/mol. The number of amides is 2. The summed E-state index contributed by atoms with van der Waals surface area (Å²) in [4.78, 5) is 26.3. The first-order chi connectivity index (χ1) is 11.6. The molecular formula is C17H19BrClN3O3. The highest BCUT2D eigenvalue weighted by Crippen LogP contribution is 2.20. The van der Waals surface area contributed by atoms with E-state index in [1.165, 1.54) is 0 Å². The molecule has 2 heterocycles. The van der Waals surface area contributed by atoms with Crippen LogP contribution >= 0.6 is 28.3 Å². The van der Waals surface area contributed by atoms with Crippen molar-refractivity contribution < 1.29 is 14.0 Å². The van der Waals surface area contributed by atoms with Gasteiger partial charge in [-0.25, -0.2) is 0 Å². The van der Waals surface area contributed by atoms with Crippen molar-refractivity contribution in [2.75, 3.05) is 25.0 Å². The molecule has 3 rings (SSSR count). The molecule has 0 aliphatic carbocycles. The number of carbonyl (C=O) groups is 2. The number of benzene rings is 1. The van der Waals surface area contributed by atoms with E-state index < -0.39 is 0 Å². The Morgan fingerprint density at radius 3 is 2.52 bits per heavy atom. The summed E-state index contributed by atoms with van der Waals surface area (Å²) in [5, 5.41) is 2.73. The van der Waals surface area contributed by atoms with Crippen molar-refractivity contribution in [2.24, 2.45) is 11.7 Å². The molecule has 134 valence electrons. The van der Waals surface area contributed by atoms with Gasteiger partial charge in [-0.1, -0.05) is 0 Å². The Hall–Kier alpha value is -1.83. The number of halogens is 2. The first-order valence-electron chi connectivity index (χ1n) is 7.73. The SMILES string of the molecule is Cl.NCC1CCN(C(=O)c2ccc(NC(=O)c3ccc(Br)o3)cc2)C1. The third-order valence-electron chi connectivity index (χ3n) is 4.09. The maximum atomic E-state index is 12.4. The molecule has 0 saturated carbocycles. The number of carbonyl (C=O) groups excluding carboxylic acids is 2. The maximum absolute atomic E-state index is 12.4. The lowest BCUT2D eigenvalue weighted by Gasteiger charge is -2.16. The number of rotatable bonds is 4. The number of likely N-dealkylation sites (tertiary alicyclic amines) is 1. The van der Waals surface area contributed by atoms with Crippen LogP contribution in [0.2, 0.25) is 0 Å². The van der Waals surface area contributed by atoms with Crippen LogP contribution < -0.4 is 11.1 Å². The summed E-state index contributed by atoms with van der Waals surface area (Å²) in [6.07, 6.45) is 0.953. The normalized spacial score (nSPS) is 16.4. The molecule has 0 radical (unpaired) electrons. The molecule has 2 amide bonds. The Bertz CT molecular complexity index is 748. The van der Waals surface area contributed by atoms with Gasteiger partial charge in [0, 0.05) is 24.3 Å². The molecule has 3 N–H and O–H groups in total. The second-order valence-corrected chi connectivity index (χ2v) is 6.56. The lowest BCUT2D eigenvalue weighted by atomic mass is 10.1. The van der Waals surface area contributed by atoms with E-state index in [1.807, 2.05) is 4.90 Å². The van der Waals surface area contributed by atoms with Gasteiger partial charge in [-0.05, 0) is 71.2 Å². The molecule has 6 nitrogen and oxygen atoms in total. The third-order valence-corrected chi connectivity index (χ3v) is 4.52. The van der Waals surface area contributed by atoms with Gasteiger partial charge in [0.15, 0.2) is 10.4 Å². The third kappa shape index (κ3) is 4.62. The quantitative estimate of drug-likeness (QED) is 0.783. The van der Waals surface area contributed by atoms with Gasteiger partial charge in [-0.3, -0.25) is 9.59 Å². The van der Waals surface area contributed by atoms with Gasteiger partial charge in [0.2, 0.25) is 0 Å². The Kier molecular flexibility index (Phi) is 6.64. The predicted molar refractivity (Wildman–Crippen MR) is 101 cm³/mol. The van der Waals surface area contributed by atoms with E-state index in [4.69, 9.17) is 10.2 Å². The summed E-state index contributed by atoms with van der Waals surface area (Å²) < 4.78 is 5.70. The van der Waals surface area contributed by atoms with Crippen molar-refractivity contribution in [3.05, 3.63) is 52.4 Å². The summed E-state index contributed by atoms with van der Waals surface area (Å²) in [5.41, 5.74) is 6.87. The fourth-order valence-electron chi connectivity index (χ4n) is 2.72. The van der Waals surface area contributed by atoms with Crippen LogP contribution in [0.1, 0.15) is 27.3 Å². The molecule has 1 unspecified atom stereocenters. The number of nitrogens with zero attached hydrogens (tertiary/aromatic N) is 1. The molecule has 1 aromatic carbocycles. The van der Waals surface area contributed by atoms with E-state index in [0.29, 0.717) is 34.9 Å². The first-order valence-corrected chi connectivity index (χ1v) is 8.52. The number of furan rings is 1. The van der Waals surface area contributed by atoms with Crippen LogP contribution in [0, 0.1) is 5.92 Å². The monoisotopic (exact) mass is 427 g/mol. The second kappa shape index (κ2) is 8.51. The minimum absolute atomic E-state index is 0. The second-order valence-electron chi connectivity index (χ2n) is 5.78. The summed E-state index contributed by atoms with van der Waals surface area (Å²) in [7, 11) is 0. The molecule has 1 atom stereocenters. The van der Waals surface area contributed by atoms with Crippen LogP contribution in [0.5, 0.6) is 0 Å². The zero-order valence-corrected chi connectivity index (χ0v) is 15.8. The largest absolute Gasteiger partial charge is 0.444 e. The molecule has 1 aliphatic heterocycles. The molecule has 0 spiro atoms. The van der Waals surface area contributed by atoms with Gasteiger partial charge in [0.05, 0.1) is 0 Å². The van der Waals surface area contributed by atoms with E-state index in [9.17, 15) is 9.59 Å². The van der Waals surface area contributed by atoms with Crippen LogP contribution in [-0.2, 0) is 0 Å². The number of hydrogen-bond donors (Lipinski definition) is 2. The highest BCUT2D eigenvalue weighted by molar-refractivity contribution is 9.10. The van der Waals surface area contributed by atoms with E-state index in [0.717, 1.165) is 13.0 Å². The molecule has 2 aromatic rings. The lowest BCUT2D eigenvalue weighted by molar-refractivity contribution is 0.0787. The smallest absolute Gasteiger partial charge is 0.291 e. The van der Waals surface area contributed by atoms with Crippen LogP contribution in [-0.4, -0.2) is 36.3 Å². The minimum atomic E-state index is -0.342. The van der Waals surface area contributed by atoms with Crippen molar-refractivity contribution in [2.45, 2.75) is 6.42 Å². The highest BCUT2D eigenvalue weighted by Gasteiger charge is 2.25. The number of hydrogen-bond acceptors (Lipinski definition) is 4. The van der Waals surface area contributed by atoms with Crippen molar-refractivity contribution in [3.8, 4) is 0 Å². The zero-order chi connectivity index (χ0) is 17.1. The molecule has 1 aromatic heterocycles. The van der Waals surface area contributed by atoms with Crippen molar-refractivity contribution in [1.82, 2.24) is 4.90 Å². The van der Waals surface area contributed by atoms with E-state index in [2.05, 4.69) is 21.2 Å². The Morgan fingerprint density at radius 1 is 1.24 bits per heavy atom. The van der Waals surface area contributed by atoms with Crippen LogP contribution in [0.15, 0.2) is 45.5 Å². The van der Waals surface area contributed by atoms with Crippen LogP contribution in [0.3, 0.4) is 0 Å². The van der Waals surface area contributed by atoms with Crippen molar-refractivity contribution in [3.63, 3.8) is 0 Å². The fourth-order valence-corrected chi connectivity index (χ4v) is 3.02. The van der Waals surface area contributed by atoms with Crippen molar-refractivity contribution >= 4 is 45.8 Å². The van der Waals surface area contributed by atoms with Gasteiger partial charge in [-0.15, -0.1) is 12.4 Å². The molecule has 1 aliphatic rings. The molecule has 1 fully saturated rings. The Labute approximate surface area is 160 Å². The van der Waals surface area contributed by atoms with Gasteiger partial charge < -0.3 is 20.4 Å². The van der Waals surface area contributed by atoms with E-state index in [-0.39, 0.29) is 30.0 Å². The topological polar surface area (TPSA) is 88.6 Å². The predicted octanol–water partition coefficient (Wildman–Crippen LogP) is 3.14. The summed E-state index contributed by atoms with van der Waals surface area (Å²) >= 11 is 3.16. The molecule has 25 heavy (non-hydrogen) atoms. The number of nitrogens with one attached hydrogen (secondary N) is 1. The van der Waals surface area contributed by atoms with Crippen LogP contribution in [0.4, 0.5) is 5.69 Å². The molecule has 8 heteroatoms. The zero-order valence-electron chi connectivity index (χ0n) is 13.4. The standard InChI is InChI=1S/C17H18BrN3O3.ClH/c18-15-6-5-14(24-15)16(22)20-13-3-1-12(2-4-13)17(23)21-8-7-11(9-19)10-21;/h1-6,11H,7-10,19H2,(H,20,22);1H. The van der Waals surface area contributed by atoms with Gasteiger partial charge >= 0.3 is 0 Å². The highest BCUT2D eigenvalue weighted by atomic mass is 79.9. The van der Waals surface area contributed by atoms with E-state index in [1.54, 1.807) is 36.4 Å². The summed E-state index contributed by atoms with van der Waals surface area (Å²) in [6.45, 7) is 2.06. The summed E-state index contributed by atoms with van der Waals surface area (Å²) in [5.74, 6) is 0.260. The first kappa shape index (κ1) is 19.5. The maximum Gasteiger partial charge on any atom is 0.291 e. The number of anilines is 1. The average molecular weight is 429 g/mol. The van der Waals surface area contributed by atoms with Crippen molar-refractivity contribution in [1.29, 1.82) is 0 Å². The van der Waals surface area contributed by atoms with Gasteiger partial charge in [0.25, 0.3) is 11.8 Å². The van der Waals surface area contributed by atoms with Gasteiger partial charge in [0.1, 0.15) is 0 Å². The molecule has 1 saturated heterocycles. The van der Waals surface area contributed by atoms with Crippen LogP contribution in [0.25, 0.3) is 0 Å².